The number of halogens is 2. The van der Waals surface area contributed by atoms with E-state index >= 15 is 0 Å². The molecule has 0 unspecified atom stereocenters. The molecule has 1 N–H and O–H groups in total. The highest BCUT2D eigenvalue weighted by Crippen LogP contribution is 2.53. The summed E-state index contributed by atoms with van der Waals surface area (Å²) in [6.45, 7) is -0.512. The van der Waals surface area contributed by atoms with Crippen LogP contribution in [0.1, 0.15) is 16.8 Å². The third-order valence-corrected chi connectivity index (χ3v) is 6.92. The van der Waals surface area contributed by atoms with Crippen LogP contribution in [0.5, 0.6) is 0 Å². The Morgan fingerprint density at radius 3 is 2.21 bits per heavy atom. The zero-order valence-electron chi connectivity index (χ0n) is 17.2. The Kier molecular flexibility index (Phi) is 5.46. The fraction of sp³-hybridized carbons (Fsp3) is 0.250. The molecule has 3 amide bonds. The molecule has 2 fully saturated rings. The van der Waals surface area contributed by atoms with E-state index in [1.165, 1.54) is 35.2 Å². The van der Waals surface area contributed by atoms with Crippen molar-refractivity contribution in [1.82, 2.24) is 0 Å². The van der Waals surface area contributed by atoms with Crippen LogP contribution in [-0.2, 0) is 19.1 Å². The fourth-order valence-electron chi connectivity index (χ4n) is 4.89. The Hall–Kier alpha value is -3.16. The SMILES string of the molecule is O=C(COC(=O)c1ccc(N2C(=O)[C@H]3[C@H](C2=O)[C@H]2C=C[C@H]3C2)cc1)Nc1ccc(Cl)cc1Cl. The Labute approximate surface area is 199 Å². The van der Waals surface area contributed by atoms with E-state index < -0.39 is 18.5 Å². The van der Waals surface area contributed by atoms with Crippen LogP contribution in [0, 0.1) is 23.7 Å². The average Bonchev–Trinajstić information content (AvgIpc) is 3.48. The second-order valence-electron chi connectivity index (χ2n) is 8.31. The molecule has 7 nitrogen and oxygen atoms in total. The van der Waals surface area contributed by atoms with Gasteiger partial charge < -0.3 is 10.1 Å². The van der Waals surface area contributed by atoms with Gasteiger partial charge in [0.2, 0.25) is 11.8 Å². The van der Waals surface area contributed by atoms with Crippen LogP contribution in [0.15, 0.2) is 54.6 Å². The van der Waals surface area contributed by atoms with E-state index in [0.717, 1.165) is 6.42 Å². The van der Waals surface area contributed by atoms with Crippen molar-refractivity contribution in [3.05, 3.63) is 70.2 Å². The van der Waals surface area contributed by atoms with Gasteiger partial charge in [0.05, 0.1) is 33.8 Å². The molecule has 9 heteroatoms. The van der Waals surface area contributed by atoms with Gasteiger partial charge >= 0.3 is 5.97 Å². The average molecular weight is 485 g/mol. The van der Waals surface area contributed by atoms with Crippen molar-refractivity contribution in [2.24, 2.45) is 23.7 Å². The first-order valence-corrected chi connectivity index (χ1v) is 11.2. The highest BCUT2D eigenvalue weighted by Gasteiger charge is 2.59. The second kappa shape index (κ2) is 8.32. The summed E-state index contributed by atoms with van der Waals surface area (Å²) >= 11 is 11.8. The van der Waals surface area contributed by atoms with Gasteiger partial charge in [-0.05, 0) is 60.7 Å². The minimum Gasteiger partial charge on any atom is -0.452 e. The molecule has 1 heterocycles. The predicted molar refractivity (Wildman–Crippen MR) is 122 cm³/mol. The minimum atomic E-state index is -0.711. The molecule has 1 saturated carbocycles. The number of esters is 1. The zero-order chi connectivity index (χ0) is 23.3. The number of hydrogen-bond donors (Lipinski definition) is 1. The summed E-state index contributed by atoms with van der Waals surface area (Å²) in [6, 6.07) is 10.6. The first-order chi connectivity index (χ1) is 15.8. The quantitative estimate of drug-likeness (QED) is 0.391. The number of allylic oxidation sites excluding steroid dienone is 2. The standard InChI is InChI=1S/C24H18Cl2N2O5/c25-15-5-8-18(17(26)10-15)27-19(29)11-33-24(32)12-3-6-16(7-4-12)28-22(30)20-13-1-2-14(9-13)21(20)23(28)31/h1-8,10,13-14,20-21H,9,11H2,(H,27,29)/t13-,14-,20+,21+/m0/s1. The molecule has 4 atom stereocenters. The molecule has 33 heavy (non-hydrogen) atoms. The number of imide groups is 1. The van der Waals surface area contributed by atoms with E-state index in [2.05, 4.69) is 5.32 Å². The number of nitrogens with one attached hydrogen (secondary N) is 1. The second-order valence-corrected chi connectivity index (χ2v) is 9.15. The smallest absolute Gasteiger partial charge is 0.338 e. The van der Waals surface area contributed by atoms with Crippen molar-refractivity contribution in [2.75, 3.05) is 16.8 Å². The molecule has 0 radical (unpaired) electrons. The summed E-state index contributed by atoms with van der Waals surface area (Å²) in [7, 11) is 0. The van der Waals surface area contributed by atoms with Crippen molar-refractivity contribution in [1.29, 1.82) is 0 Å². The van der Waals surface area contributed by atoms with Crippen LogP contribution in [-0.4, -0.2) is 30.3 Å². The van der Waals surface area contributed by atoms with Crippen molar-refractivity contribution in [2.45, 2.75) is 6.42 Å². The van der Waals surface area contributed by atoms with E-state index in [-0.39, 0.29) is 46.1 Å². The van der Waals surface area contributed by atoms with Gasteiger partial charge in [0.15, 0.2) is 6.61 Å². The first-order valence-electron chi connectivity index (χ1n) is 10.4. The maximum atomic E-state index is 12.9. The predicted octanol–water partition coefficient (Wildman–Crippen LogP) is 4.10. The Bertz CT molecular complexity index is 1180. The minimum absolute atomic E-state index is 0.129. The van der Waals surface area contributed by atoms with Gasteiger partial charge in [-0.15, -0.1) is 0 Å². The maximum absolute atomic E-state index is 12.9. The van der Waals surface area contributed by atoms with E-state index in [4.69, 9.17) is 27.9 Å². The van der Waals surface area contributed by atoms with Crippen molar-refractivity contribution in [3.63, 3.8) is 0 Å². The monoisotopic (exact) mass is 484 g/mol. The first kappa shape index (κ1) is 21.7. The topological polar surface area (TPSA) is 92.8 Å². The molecule has 0 aromatic heterocycles. The summed E-state index contributed by atoms with van der Waals surface area (Å²) in [5.41, 5.74) is 0.961. The fourth-order valence-corrected chi connectivity index (χ4v) is 5.35. The molecular weight excluding hydrogens is 467 g/mol. The van der Waals surface area contributed by atoms with Crippen LogP contribution in [0.3, 0.4) is 0 Å². The zero-order valence-corrected chi connectivity index (χ0v) is 18.7. The van der Waals surface area contributed by atoms with Crippen molar-refractivity contribution < 1.29 is 23.9 Å². The van der Waals surface area contributed by atoms with Crippen LogP contribution >= 0.6 is 23.2 Å². The van der Waals surface area contributed by atoms with Gasteiger partial charge in [-0.25, -0.2) is 4.79 Å². The van der Waals surface area contributed by atoms with Gasteiger partial charge in [0.25, 0.3) is 5.91 Å². The van der Waals surface area contributed by atoms with Gasteiger partial charge in [0, 0.05) is 5.02 Å². The van der Waals surface area contributed by atoms with Gasteiger partial charge in [-0.2, -0.15) is 0 Å². The number of carbonyl (C=O) groups excluding carboxylic acids is 4. The molecule has 2 bridgehead atoms. The number of fused-ring (bicyclic) bond motifs is 5. The molecule has 5 rings (SSSR count). The molecule has 1 saturated heterocycles. The normalized spacial score (nSPS) is 24.8. The number of ether oxygens (including phenoxy) is 1. The molecule has 168 valence electrons. The number of nitrogens with zero attached hydrogens (tertiary/aromatic N) is 1. The number of amides is 3. The van der Waals surface area contributed by atoms with E-state index in [1.807, 2.05) is 12.2 Å². The van der Waals surface area contributed by atoms with Gasteiger partial charge in [0.1, 0.15) is 0 Å². The summed E-state index contributed by atoms with van der Waals surface area (Å²) in [6.07, 6.45) is 4.94. The Morgan fingerprint density at radius 1 is 0.970 bits per heavy atom. The van der Waals surface area contributed by atoms with Crippen LogP contribution < -0.4 is 10.2 Å². The molecule has 2 aromatic carbocycles. The number of rotatable bonds is 5. The molecule has 3 aliphatic rings. The maximum Gasteiger partial charge on any atom is 0.338 e. The number of hydrogen-bond acceptors (Lipinski definition) is 5. The highest BCUT2D eigenvalue weighted by molar-refractivity contribution is 6.36. The lowest BCUT2D eigenvalue weighted by molar-refractivity contribution is -0.123. The van der Waals surface area contributed by atoms with Crippen molar-refractivity contribution in [3.8, 4) is 0 Å². The molecule has 0 spiro atoms. The van der Waals surface area contributed by atoms with Crippen LogP contribution in [0.25, 0.3) is 0 Å². The van der Waals surface area contributed by atoms with Crippen molar-refractivity contribution >= 4 is 58.3 Å². The summed E-state index contributed by atoms with van der Waals surface area (Å²) in [5, 5.41) is 3.23. The summed E-state index contributed by atoms with van der Waals surface area (Å²) in [5.74, 6) is -1.96. The third kappa shape index (κ3) is 3.81. The van der Waals surface area contributed by atoms with Crippen LogP contribution in [0.2, 0.25) is 10.0 Å². The van der Waals surface area contributed by atoms with E-state index in [0.29, 0.717) is 16.4 Å². The Balaban J connectivity index is 1.20. The lowest BCUT2D eigenvalue weighted by atomic mass is 9.85. The largest absolute Gasteiger partial charge is 0.452 e. The third-order valence-electron chi connectivity index (χ3n) is 6.37. The summed E-state index contributed by atoms with van der Waals surface area (Å²) in [4.78, 5) is 51.4. The van der Waals surface area contributed by atoms with Crippen LogP contribution in [0.4, 0.5) is 11.4 Å². The van der Waals surface area contributed by atoms with Gasteiger partial charge in [-0.3, -0.25) is 19.3 Å². The van der Waals surface area contributed by atoms with E-state index in [9.17, 15) is 19.2 Å². The lowest BCUT2D eigenvalue weighted by Crippen LogP contribution is -2.32. The lowest BCUT2D eigenvalue weighted by Gasteiger charge is -2.17. The number of benzene rings is 2. The molecule has 2 aromatic rings. The highest BCUT2D eigenvalue weighted by atomic mass is 35.5. The molecule has 1 aliphatic heterocycles. The number of carbonyl (C=O) groups is 4. The summed E-state index contributed by atoms with van der Waals surface area (Å²) < 4.78 is 5.05. The molecule has 2 aliphatic carbocycles. The van der Waals surface area contributed by atoms with E-state index in [1.54, 1.807) is 12.1 Å². The number of anilines is 2. The Morgan fingerprint density at radius 2 is 1.61 bits per heavy atom. The molecular formula is C24H18Cl2N2O5. The van der Waals surface area contributed by atoms with Gasteiger partial charge in [-0.1, -0.05) is 35.4 Å².